The molecule has 2 fully saturated rings. The van der Waals surface area contributed by atoms with Crippen molar-refractivity contribution in [3.8, 4) is 0 Å². The number of alkyl halides is 3. The Kier molecular flexibility index (Phi) is 6.11. The molecule has 2 saturated heterocycles. The maximum Gasteiger partial charge on any atom is 0.416 e. The van der Waals surface area contributed by atoms with Crippen LogP contribution in [0.1, 0.15) is 18.9 Å². The van der Waals surface area contributed by atoms with Crippen molar-refractivity contribution in [2.24, 2.45) is 0 Å². The monoisotopic (exact) mass is 435 g/mol. The van der Waals surface area contributed by atoms with E-state index in [-0.39, 0.29) is 23.7 Å². The molecule has 0 bridgehead atoms. The number of halogens is 3. The molecule has 1 unspecified atom stereocenters. The third-order valence-electron chi connectivity index (χ3n) is 5.13. The van der Waals surface area contributed by atoms with Crippen LogP contribution in [0, 0.1) is 0 Å². The third-order valence-corrected chi connectivity index (χ3v) is 7.03. The average Bonchev–Trinajstić information content (AvgIpc) is 2.93. The van der Waals surface area contributed by atoms with Gasteiger partial charge >= 0.3 is 6.18 Å². The van der Waals surface area contributed by atoms with Gasteiger partial charge in [0.25, 0.3) is 0 Å². The zero-order chi connectivity index (χ0) is 21.3. The molecule has 0 saturated carbocycles. The number of carbonyl (C=O) groups is 1. The van der Waals surface area contributed by atoms with E-state index in [1.54, 1.807) is 6.92 Å². The van der Waals surface area contributed by atoms with E-state index in [2.05, 4.69) is 10.6 Å². The van der Waals surface area contributed by atoms with Crippen LogP contribution in [0.2, 0.25) is 0 Å². The lowest BCUT2D eigenvalue weighted by molar-refractivity contribution is -0.137. The minimum Gasteiger partial charge on any atom is -0.378 e. The Balaban J connectivity index is 1.74. The van der Waals surface area contributed by atoms with Gasteiger partial charge in [-0.2, -0.15) is 13.2 Å². The number of hydrogen-bond acceptors (Lipinski definition) is 6. The van der Waals surface area contributed by atoms with Crippen molar-refractivity contribution >= 4 is 27.1 Å². The van der Waals surface area contributed by atoms with E-state index in [0.29, 0.717) is 38.4 Å². The summed E-state index contributed by atoms with van der Waals surface area (Å²) in [7, 11) is -3.14. The summed E-state index contributed by atoms with van der Waals surface area (Å²) in [6, 6.07) is 3.26. The Morgan fingerprint density at radius 2 is 1.97 bits per heavy atom. The predicted molar refractivity (Wildman–Crippen MR) is 103 cm³/mol. The van der Waals surface area contributed by atoms with Crippen LogP contribution in [0.5, 0.6) is 0 Å². The van der Waals surface area contributed by atoms with Gasteiger partial charge in [0.15, 0.2) is 9.84 Å². The van der Waals surface area contributed by atoms with Crippen LogP contribution in [0.25, 0.3) is 0 Å². The fraction of sp³-hybridized carbons (Fsp3) is 0.611. The predicted octanol–water partition coefficient (Wildman–Crippen LogP) is 1.65. The lowest BCUT2D eigenvalue weighted by Gasteiger charge is -2.31. The van der Waals surface area contributed by atoms with Crippen LogP contribution in [-0.2, 0) is 25.5 Å². The highest BCUT2D eigenvalue weighted by Crippen LogP contribution is 2.35. The minimum atomic E-state index is -4.53. The van der Waals surface area contributed by atoms with Crippen molar-refractivity contribution in [3.05, 3.63) is 23.8 Å². The van der Waals surface area contributed by atoms with E-state index in [9.17, 15) is 26.4 Å². The number of morpholine rings is 1. The molecule has 0 radical (unpaired) electrons. The number of benzene rings is 1. The van der Waals surface area contributed by atoms with E-state index in [4.69, 9.17) is 4.74 Å². The highest BCUT2D eigenvalue weighted by Gasteiger charge is 2.38. The van der Waals surface area contributed by atoms with Gasteiger partial charge in [-0.3, -0.25) is 4.79 Å². The normalized spacial score (nSPS) is 24.5. The molecule has 11 heteroatoms. The van der Waals surface area contributed by atoms with E-state index in [1.807, 2.05) is 4.90 Å². The Hall–Kier alpha value is -1.85. The number of rotatable bonds is 5. The number of hydrogen-bond donors (Lipinski definition) is 2. The number of amides is 1. The van der Waals surface area contributed by atoms with Crippen molar-refractivity contribution in [2.75, 3.05) is 54.6 Å². The second-order valence-electron chi connectivity index (χ2n) is 7.63. The molecule has 29 heavy (non-hydrogen) atoms. The number of nitrogens with zero attached hydrogens (tertiary/aromatic N) is 1. The van der Waals surface area contributed by atoms with Crippen molar-refractivity contribution < 1.29 is 31.1 Å². The quantitative estimate of drug-likeness (QED) is 0.731. The SMILES string of the molecule is CC1(NCC(=O)Nc2cc(C(F)(F)F)ccc2N2CCOCC2)CCS(=O)(=O)C1. The zero-order valence-electron chi connectivity index (χ0n) is 16.0. The van der Waals surface area contributed by atoms with Gasteiger partial charge in [0, 0.05) is 18.6 Å². The van der Waals surface area contributed by atoms with Gasteiger partial charge in [-0.1, -0.05) is 0 Å². The molecule has 162 valence electrons. The molecule has 2 N–H and O–H groups in total. The van der Waals surface area contributed by atoms with E-state index < -0.39 is 33.0 Å². The van der Waals surface area contributed by atoms with Gasteiger partial charge in [-0.05, 0) is 31.5 Å². The first-order chi connectivity index (χ1) is 13.5. The fourth-order valence-electron chi connectivity index (χ4n) is 3.53. The number of carbonyl (C=O) groups excluding carboxylic acids is 1. The van der Waals surface area contributed by atoms with Gasteiger partial charge in [0.1, 0.15) is 0 Å². The molecule has 2 heterocycles. The van der Waals surface area contributed by atoms with Gasteiger partial charge in [0.2, 0.25) is 5.91 Å². The molecule has 1 atom stereocenters. The van der Waals surface area contributed by atoms with Crippen LogP contribution in [0.4, 0.5) is 24.5 Å². The molecular weight excluding hydrogens is 411 g/mol. The average molecular weight is 435 g/mol. The smallest absolute Gasteiger partial charge is 0.378 e. The van der Waals surface area contributed by atoms with Gasteiger partial charge in [0.05, 0.1) is 48.2 Å². The van der Waals surface area contributed by atoms with E-state index >= 15 is 0 Å². The van der Waals surface area contributed by atoms with E-state index in [1.165, 1.54) is 6.07 Å². The second kappa shape index (κ2) is 8.11. The first-order valence-electron chi connectivity index (χ1n) is 9.27. The molecule has 1 aromatic rings. The third kappa shape index (κ3) is 5.61. The molecule has 3 rings (SSSR count). The highest BCUT2D eigenvalue weighted by atomic mass is 32.2. The molecule has 1 aromatic carbocycles. The van der Waals surface area contributed by atoms with Crippen molar-refractivity contribution in [1.82, 2.24) is 5.32 Å². The number of anilines is 2. The lowest BCUT2D eigenvalue weighted by atomic mass is 10.0. The first-order valence-corrected chi connectivity index (χ1v) is 11.1. The molecule has 0 aromatic heterocycles. The molecule has 0 aliphatic carbocycles. The maximum atomic E-state index is 13.1. The number of nitrogens with one attached hydrogen (secondary N) is 2. The van der Waals surface area contributed by atoms with Crippen LogP contribution < -0.4 is 15.5 Å². The summed E-state index contributed by atoms with van der Waals surface area (Å²) in [6.45, 7) is 3.41. The highest BCUT2D eigenvalue weighted by molar-refractivity contribution is 7.91. The van der Waals surface area contributed by atoms with Crippen LogP contribution >= 0.6 is 0 Å². The summed E-state index contributed by atoms with van der Waals surface area (Å²) in [4.78, 5) is 14.3. The Morgan fingerprint density at radius 1 is 1.28 bits per heavy atom. The molecule has 0 spiro atoms. The fourth-order valence-corrected chi connectivity index (χ4v) is 5.65. The van der Waals surface area contributed by atoms with Crippen molar-refractivity contribution in [1.29, 1.82) is 0 Å². The summed E-state index contributed by atoms with van der Waals surface area (Å²) in [5.41, 5.74) is -1.02. The van der Waals surface area contributed by atoms with Gasteiger partial charge < -0.3 is 20.3 Å². The number of ether oxygens (including phenoxy) is 1. The second-order valence-corrected chi connectivity index (χ2v) is 9.82. The molecule has 2 aliphatic rings. The zero-order valence-corrected chi connectivity index (χ0v) is 16.8. The van der Waals surface area contributed by atoms with Crippen molar-refractivity contribution in [2.45, 2.75) is 25.1 Å². The van der Waals surface area contributed by atoms with Gasteiger partial charge in [-0.15, -0.1) is 0 Å². The first kappa shape index (κ1) is 21.8. The number of sulfone groups is 1. The molecule has 1 amide bonds. The standard InChI is InChI=1S/C18H24F3N3O4S/c1-17(4-9-29(26,27)12-17)22-11-16(25)23-14-10-13(18(19,20)21)2-3-15(14)24-5-7-28-8-6-24/h2-3,10,22H,4-9,11-12H2,1H3,(H,23,25). The molecule has 2 aliphatic heterocycles. The summed E-state index contributed by atoms with van der Waals surface area (Å²) in [5.74, 6) is -0.563. The van der Waals surface area contributed by atoms with E-state index in [0.717, 1.165) is 12.1 Å². The van der Waals surface area contributed by atoms with Crippen LogP contribution in [-0.4, -0.2) is 64.2 Å². The summed E-state index contributed by atoms with van der Waals surface area (Å²) < 4.78 is 68.0. The summed E-state index contributed by atoms with van der Waals surface area (Å²) >= 11 is 0. The Labute approximate surface area is 167 Å². The molecule has 7 nitrogen and oxygen atoms in total. The Morgan fingerprint density at radius 3 is 2.55 bits per heavy atom. The molecular formula is C18H24F3N3O4S. The minimum absolute atomic E-state index is 0.0485. The van der Waals surface area contributed by atoms with Gasteiger partial charge in [-0.25, -0.2) is 8.42 Å². The van der Waals surface area contributed by atoms with Crippen LogP contribution in [0.15, 0.2) is 18.2 Å². The van der Waals surface area contributed by atoms with Crippen molar-refractivity contribution in [3.63, 3.8) is 0 Å². The topological polar surface area (TPSA) is 87.7 Å². The van der Waals surface area contributed by atoms with Crippen LogP contribution in [0.3, 0.4) is 0 Å². The largest absolute Gasteiger partial charge is 0.416 e. The summed E-state index contributed by atoms with van der Waals surface area (Å²) in [5, 5.41) is 5.48. The maximum absolute atomic E-state index is 13.1. The lowest BCUT2D eigenvalue weighted by Crippen LogP contribution is -2.47. The Bertz CT molecular complexity index is 870. The summed E-state index contributed by atoms with van der Waals surface area (Å²) in [6.07, 6.45) is -4.15.